The fourth-order valence-corrected chi connectivity index (χ4v) is 1.86. The molecule has 0 aromatic heterocycles. The van der Waals surface area contributed by atoms with Crippen molar-refractivity contribution in [3.63, 3.8) is 0 Å². The highest BCUT2D eigenvalue weighted by Crippen LogP contribution is 2.12. The molecule has 1 aliphatic rings. The average Bonchev–Trinajstić information content (AvgIpc) is 2.68. The largest absolute Gasteiger partial charge is 0.368 e. The van der Waals surface area contributed by atoms with Crippen LogP contribution in [-0.2, 0) is 9.53 Å². The summed E-state index contributed by atoms with van der Waals surface area (Å²) < 4.78 is 5.31. The number of carbonyl (C=O) groups is 1. The first-order chi connectivity index (χ1) is 7.13. The summed E-state index contributed by atoms with van der Waals surface area (Å²) in [6.07, 6.45) is 2.50. The van der Waals surface area contributed by atoms with Gasteiger partial charge in [0.1, 0.15) is 6.10 Å². The molecule has 4 heteroatoms. The molecule has 0 aromatic carbocycles. The Hall–Kier alpha value is -0.610. The Morgan fingerprint density at radius 3 is 2.80 bits per heavy atom. The molecule has 4 nitrogen and oxygen atoms in total. The van der Waals surface area contributed by atoms with E-state index in [1.807, 2.05) is 0 Å². The average molecular weight is 214 g/mol. The molecule has 1 aliphatic heterocycles. The van der Waals surface area contributed by atoms with Crippen LogP contribution >= 0.6 is 0 Å². The molecule has 0 bridgehead atoms. The molecule has 0 radical (unpaired) electrons. The van der Waals surface area contributed by atoms with Gasteiger partial charge in [-0.05, 0) is 25.2 Å². The van der Waals surface area contributed by atoms with Crippen LogP contribution in [0.2, 0.25) is 0 Å². The number of hydrogen-bond acceptors (Lipinski definition) is 3. The maximum Gasteiger partial charge on any atom is 0.249 e. The first-order valence-corrected chi connectivity index (χ1v) is 5.75. The monoisotopic (exact) mass is 214 g/mol. The van der Waals surface area contributed by atoms with Gasteiger partial charge in [0, 0.05) is 19.2 Å². The zero-order valence-electron chi connectivity index (χ0n) is 9.66. The predicted molar refractivity (Wildman–Crippen MR) is 59.4 cm³/mol. The normalized spacial score (nSPS) is 23.1. The van der Waals surface area contributed by atoms with Gasteiger partial charge in [0.2, 0.25) is 5.91 Å². The van der Waals surface area contributed by atoms with Crippen molar-refractivity contribution >= 4 is 5.91 Å². The summed E-state index contributed by atoms with van der Waals surface area (Å²) >= 11 is 0. The summed E-state index contributed by atoms with van der Waals surface area (Å²) in [5.41, 5.74) is 5.61. The highest BCUT2D eigenvalue weighted by atomic mass is 16.5. The van der Waals surface area contributed by atoms with Crippen molar-refractivity contribution in [2.45, 2.75) is 45.3 Å². The van der Waals surface area contributed by atoms with Crippen LogP contribution in [0, 0.1) is 5.92 Å². The van der Waals surface area contributed by atoms with E-state index >= 15 is 0 Å². The molecule has 0 saturated carbocycles. The highest BCUT2D eigenvalue weighted by molar-refractivity contribution is 5.81. The Morgan fingerprint density at radius 2 is 2.33 bits per heavy atom. The number of nitrogens with one attached hydrogen (secondary N) is 1. The third kappa shape index (κ3) is 4.18. The first kappa shape index (κ1) is 12.5. The van der Waals surface area contributed by atoms with E-state index < -0.39 is 0 Å². The topological polar surface area (TPSA) is 64.3 Å². The summed E-state index contributed by atoms with van der Waals surface area (Å²) in [4.78, 5) is 11.7. The highest BCUT2D eigenvalue weighted by Gasteiger charge is 2.25. The third-order valence-corrected chi connectivity index (χ3v) is 2.61. The fraction of sp³-hybridized carbons (Fsp3) is 0.909. The van der Waals surface area contributed by atoms with Crippen LogP contribution in [0.4, 0.5) is 0 Å². The van der Waals surface area contributed by atoms with Crippen molar-refractivity contribution in [2.75, 3.05) is 13.2 Å². The van der Waals surface area contributed by atoms with Crippen LogP contribution < -0.4 is 11.1 Å². The maximum atomic E-state index is 11.7. The van der Waals surface area contributed by atoms with E-state index in [0.29, 0.717) is 19.1 Å². The van der Waals surface area contributed by atoms with Crippen LogP contribution in [0.1, 0.15) is 33.1 Å². The Bertz CT molecular complexity index is 201. The standard InChI is InChI=1S/C11H22N2O2/c1-8(2)6-9(7-12)13-11(14)10-4-3-5-15-10/h8-10H,3-7,12H2,1-2H3,(H,13,14)/t9?,10-/m0/s1. The van der Waals surface area contributed by atoms with E-state index in [0.717, 1.165) is 19.3 Å². The molecule has 0 aliphatic carbocycles. The Kier molecular flexibility index (Phi) is 5.05. The molecule has 1 unspecified atom stereocenters. The Morgan fingerprint density at radius 1 is 1.60 bits per heavy atom. The molecule has 3 N–H and O–H groups in total. The molecular weight excluding hydrogens is 192 g/mol. The SMILES string of the molecule is CC(C)CC(CN)NC(=O)[C@@H]1CCCO1. The zero-order valence-corrected chi connectivity index (χ0v) is 9.66. The lowest BCUT2D eigenvalue weighted by atomic mass is 10.0. The number of carbonyl (C=O) groups excluding carboxylic acids is 1. The predicted octanol–water partition coefficient (Wildman–Crippen LogP) is 0.655. The summed E-state index contributed by atoms with van der Waals surface area (Å²) in [5.74, 6) is 0.548. The Balaban J connectivity index is 2.33. The van der Waals surface area contributed by atoms with E-state index in [1.54, 1.807) is 0 Å². The van der Waals surface area contributed by atoms with Crippen LogP contribution in [0.3, 0.4) is 0 Å². The van der Waals surface area contributed by atoms with Crippen LogP contribution in [0.25, 0.3) is 0 Å². The molecule has 0 aromatic rings. The van der Waals surface area contributed by atoms with Gasteiger partial charge in [0.05, 0.1) is 0 Å². The third-order valence-electron chi connectivity index (χ3n) is 2.61. The van der Waals surface area contributed by atoms with E-state index in [2.05, 4.69) is 19.2 Å². The van der Waals surface area contributed by atoms with Gasteiger partial charge in [-0.3, -0.25) is 4.79 Å². The minimum atomic E-state index is -0.244. The molecule has 0 spiro atoms. The fourth-order valence-electron chi connectivity index (χ4n) is 1.86. The summed E-state index contributed by atoms with van der Waals surface area (Å²) in [6.45, 7) is 5.45. The summed E-state index contributed by atoms with van der Waals surface area (Å²) in [7, 11) is 0. The lowest BCUT2D eigenvalue weighted by molar-refractivity contribution is -0.130. The van der Waals surface area contributed by atoms with Crippen molar-refractivity contribution in [1.29, 1.82) is 0 Å². The van der Waals surface area contributed by atoms with Gasteiger partial charge in [-0.15, -0.1) is 0 Å². The molecule has 1 amide bonds. The van der Waals surface area contributed by atoms with Crippen molar-refractivity contribution < 1.29 is 9.53 Å². The van der Waals surface area contributed by atoms with E-state index in [-0.39, 0.29) is 18.1 Å². The first-order valence-electron chi connectivity index (χ1n) is 5.75. The number of amides is 1. The lowest BCUT2D eigenvalue weighted by Crippen LogP contribution is -2.45. The molecule has 2 atom stereocenters. The van der Waals surface area contributed by atoms with E-state index in [9.17, 15) is 4.79 Å². The molecule has 1 fully saturated rings. The molecule has 1 saturated heterocycles. The molecular formula is C11H22N2O2. The van der Waals surface area contributed by atoms with Crippen molar-refractivity contribution in [3.05, 3.63) is 0 Å². The van der Waals surface area contributed by atoms with Gasteiger partial charge in [-0.1, -0.05) is 13.8 Å². The van der Waals surface area contributed by atoms with Gasteiger partial charge in [-0.25, -0.2) is 0 Å². The van der Waals surface area contributed by atoms with E-state index in [4.69, 9.17) is 10.5 Å². The van der Waals surface area contributed by atoms with Crippen molar-refractivity contribution in [1.82, 2.24) is 5.32 Å². The molecule has 88 valence electrons. The van der Waals surface area contributed by atoms with Crippen LogP contribution in [0.15, 0.2) is 0 Å². The molecule has 15 heavy (non-hydrogen) atoms. The summed E-state index contributed by atoms with van der Waals surface area (Å²) in [6, 6.07) is 0.0849. The number of rotatable bonds is 5. The summed E-state index contributed by atoms with van der Waals surface area (Å²) in [5, 5.41) is 2.95. The van der Waals surface area contributed by atoms with E-state index in [1.165, 1.54) is 0 Å². The van der Waals surface area contributed by atoms with Gasteiger partial charge in [-0.2, -0.15) is 0 Å². The zero-order chi connectivity index (χ0) is 11.3. The second-order valence-electron chi connectivity index (χ2n) is 4.57. The van der Waals surface area contributed by atoms with Gasteiger partial charge >= 0.3 is 0 Å². The second kappa shape index (κ2) is 6.08. The number of nitrogens with two attached hydrogens (primary N) is 1. The Labute approximate surface area is 91.5 Å². The van der Waals surface area contributed by atoms with Gasteiger partial charge in [0.25, 0.3) is 0 Å². The molecule has 1 heterocycles. The van der Waals surface area contributed by atoms with Crippen molar-refractivity contribution in [3.8, 4) is 0 Å². The second-order valence-corrected chi connectivity index (χ2v) is 4.57. The van der Waals surface area contributed by atoms with Crippen molar-refractivity contribution in [2.24, 2.45) is 11.7 Å². The van der Waals surface area contributed by atoms with Gasteiger partial charge < -0.3 is 15.8 Å². The quantitative estimate of drug-likeness (QED) is 0.706. The number of hydrogen-bond donors (Lipinski definition) is 2. The van der Waals surface area contributed by atoms with Crippen LogP contribution in [-0.4, -0.2) is 31.2 Å². The van der Waals surface area contributed by atoms with Crippen LogP contribution in [0.5, 0.6) is 0 Å². The lowest BCUT2D eigenvalue weighted by Gasteiger charge is -2.20. The number of ether oxygens (including phenoxy) is 1. The molecule has 1 rings (SSSR count). The smallest absolute Gasteiger partial charge is 0.249 e. The maximum absolute atomic E-state index is 11.7. The minimum absolute atomic E-state index is 0.00333. The minimum Gasteiger partial charge on any atom is -0.368 e. The van der Waals surface area contributed by atoms with Gasteiger partial charge in [0.15, 0.2) is 0 Å².